The van der Waals surface area contributed by atoms with Crippen molar-refractivity contribution in [1.29, 1.82) is 0 Å². The Kier molecular flexibility index (Phi) is 8.44. The number of morpholine rings is 1. The number of carbonyl (C=O) groups is 1. The summed E-state index contributed by atoms with van der Waals surface area (Å²) in [6.45, 7) is 6.17. The zero-order valence-corrected chi connectivity index (χ0v) is 15.4. The van der Waals surface area contributed by atoms with Gasteiger partial charge in [-0.05, 0) is 25.7 Å². The first-order chi connectivity index (χ1) is 11.6. The number of ether oxygens (including phenoxy) is 1. The fourth-order valence-electron chi connectivity index (χ4n) is 3.11. The Labute approximate surface area is 145 Å². The van der Waals surface area contributed by atoms with Gasteiger partial charge in [0.05, 0.1) is 19.0 Å². The van der Waals surface area contributed by atoms with Crippen molar-refractivity contribution in [3.63, 3.8) is 0 Å². The van der Waals surface area contributed by atoms with Gasteiger partial charge in [-0.25, -0.2) is 12.7 Å². The lowest BCUT2D eigenvalue weighted by Crippen LogP contribution is -2.41. The second kappa shape index (κ2) is 10.3. The van der Waals surface area contributed by atoms with Gasteiger partial charge in [-0.1, -0.05) is 6.42 Å². The van der Waals surface area contributed by atoms with Gasteiger partial charge in [-0.3, -0.25) is 9.69 Å². The molecule has 0 aliphatic carbocycles. The number of piperidine rings is 1. The molecule has 0 unspecified atom stereocenters. The molecule has 0 bridgehead atoms. The third-order valence-electron chi connectivity index (χ3n) is 4.62. The van der Waals surface area contributed by atoms with E-state index in [-0.39, 0.29) is 11.7 Å². The third-order valence-corrected chi connectivity index (χ3v) is 6.57. The van der Waals surface area contributed by atoms with Crippen LogP contribution in [0, 0.1) is 0 Å². The van der Waals surface area contributed by atoms with Crippen LogP contribution in [0.2, 0.25) is 0 Å². The molecule has 0 saturated carbocycles. The van der Waals surface area contributed by atoms with Gasteiger partial charge in [0.25, 0.3) is 0 Å². The Hall–Kier alpha value is -0.700. The third kappa shape index (κ3) is 7.04. The van der Waals surface area contributed by atoms with Crippen molar-refractivity contribution in [2.75, 3.05) is 58.2 Å². The standard InChI is InChI=1S/C16H31N3O4S/c20-16(17-7-10-18-11-13-23-14-12-18)6-2-5-15-24(21,22)19-8-3-1-4-9-19/h1-15H2,(H,17,20). The van der Waals surface area contributed by atoms with E-state index < -0.39 is 10.0 Å². The molecular weight excluding hydrogens is 330 g/mol. The molecule has 1 N–H and O–H groups in total. The van der Waals surface area contributed by atoms with E-state index in [0.29, 0.717) is 38.9 Å². The Morgan fingerprint density at radius 3 is 2.42 bits per heavy atom. The number of sulfonamides is 1. The molecule has 1 amide bonds. The van der Waals surface area contributed by atoms with Crippen molar-refractivity contribution in [2.45, 2.75) is 38.5 Å². The highest BCUT2D eigenvalue weighted by Crippen LogP contribution is 2.14. The van der Waals surface area contributed by atoms with Crippen molar-refractivity contribution in [3.05, 3.63) is 0 Å². The number of rotatable bonds is 9. The van der Waals surface area contributed by atoms with E-state index in [2.05, 4.69) is 10.2 Å². The number of nitrogens with one attached hydrogen (secondary N) is 1. The molecule has 0 radical (unpaired) electrons. The normalized spacial score (nSPS) is 20.8. The summed E-state index contributed by atoms with van der Waals surface area (Å²) in [5, 5.41) is 2.91. The van der Waals surface area contributed by atoms with Crippen LogP contribution < -0.4 is 5.32 Å². The summed E-state index contributed by atoms with van der Waals surface area (Å²) >= 11 is 0. The van der Waals surface area contributed by atoms with Gasteiger partial charge < -0.3 is 10.1 Å². The maximum absolute atomic E-state index is 12.2. The van der Waals surface area contributed by atoms with Crippen LogP contribution in [0.25, 0.3) is 0 Å². The SMILES string of the molecule is O=C(CCCCS(=O)(=O)N1CCCCC1)NCCN1CCOCC1. The molecule has 8 heteroatoms. The van der Waals surface area contributed by atoms with E-state index in [0.717, 1.165) is 52.1 Å². The average Bonchev–Trinajstić information content (AvgIpc) is 2.60. The molecule has 2 rings (SSSR count). The number of carbonyl (C=O) groups excluding carboxylic acids is 1. The Morgan fingerprint density at radius 2 is 1.71 bits per heavy atom. The van der Waals surface area contributed by atoms with Crippen LogP contribution in [0.3, 0.4) is 0 Å². The van der Waals surface area contributed by atoms with Crippen molar-refractivity contribution < 1.29 is 17.9 Å². The lowest BCUT2D eigenvalue weighted by molar-refractivity contribution is -0.121. The van der Waals surface area contributed by atoms with E-state index in [9.17, 15) is 13.2 Å². The lowest BCUT2D eigenvalue weighted by Gasteiger charge is -2.26. The summed E-state index contributed by atoms with van der Waals surface area (Å²) in [5.41, 5.74) is 0. The minimum absolute atomic E-state index is 0.0126. The molecule has 2 fully saturated rings. The van der Waals surface area contributed by atoms with Crippen LogP contribution in [0.5, 0.6) is 0 Å². The first kappa shape index (κ1) is 19.6. The maximum Gasteiger partial charge on any atom is 0.220 e. The van der Waals surface area contributed by atoms with Gasteiger partial charge >= 0.3 is 0 Å². The molecule has 2 aliphatic heterocycles. The first-order valence-corrected chi connectivity index (χ1v) is 10.7. The number of amides is 1. The van der Waals surface area contributed by atoms with E-state index >= 15 is 0 Å². The predicted octanol–water partition coefficient (Wildman–Crippen LogP) is 0.421. The minimum atomic E-state index is -3.13. The molecule has 0 aromatic carbocycles. The quantitative estimate of drug-likeness (QED) is 0.602. The summed E-state index contributed by atoms with van der Waals surface area (Å²) in [7, 11) is -3.13. The molecule has 24 heavy (non-hydrogen) atoms. The van der Waals surface area contributed by atoms with Gasteiger partial charge in [0.1, 0.15) is 0 Å². The summed E-state index contributed by atoms with van der Waals surface area (Å²) in [6.07, 6.45) is 4.62. The smallest absolute Gasteiger partial charge is 0.220 e. The van der Waals surface area contributed by atoms with Crippen LogP contribution >= 0.6 is 0 Å². The first-order valence-electron chi connectivity index (χ1n) is 9.12. The van der Waals surface area contributed by atoms with Crippen molar-refractivity contribution in [1.82, 2.24) is 14.5 Å². The second-order valence-corrected chi connectivity index (χ2v) is 8.63. The number of unbranched alkanes of at least 4 members (excludes halogenated alkanes) is 1. The van der Waals surface area contributed by atoms with Crippen molar-refractivity contribution >= 4 is 15.9 Å². The van der Waals surface area contributed by atoms with Crippen LogP contribution in [0.15, 0.2) is 0 Å². The van der Waals surface area contributed by atoms with Gasteiger partial charge in [0, 0.05) is 45.7 Å². The summed E-state index contributed by atoms with van der Waals surface area (Å²) in [6, 6.07) is 0. The van der Waals surface area contributed by atoms with Crippen LogP contribution in [0.1, 0.15) is 38.5 Å². The van der Waals surface area contributed by atoms with Crippen LogP contribution in [-0.2, 0) is 19.6 Å². The summed E-state index contributed by atoms with van der Waals surface area (Å²) in [4.78, 5) is 14.1. The monoisotopic (exact) mass is 361 g/mol. The molecule has 0 aromatic heterocycles. The van der Waals surface area contributed by atoms with Gasteiger partial charge in [0.2, 0.25) is 15.9 Å². The van der Waals surface area contributed by atoms with E-state index in [1.54, 1.807) is 4.31 Å². The zero-order chi connectivity index (χ0) is 17.3. The highest BCUT2D eigenvalue weighted by Gasteiger charge is 2.23. The Balaban J connectivity index is 1.52. The topological polar surface area (TPSA) is 79.0 Å². The highest BCUT2D eigenvalue weighted by atomic mass is 32.2. The number of hydrogen-bond donors (Lipinski definition) is 1. The van der Waals surface area contributed by atoms with E-state index in [4.69, 9.17) is 4.74 Å². The van der Waals surface area contributed by atoms with Crippen molar-refractivity contribution in [3.8, 4) is 0 Å². The molecule has 2 heterocycles. The predicted molar refractivity (Wildman–Crippen MR) is 93.3 cm³/mol. The second-order valence-electron chi connectivity index (χ2n) is 6.54. The van der Waals surface area contributed by atoms with Crippen molar-refractivity contribution in [2.24, 2.45) is 0 Å². The molecule has 0 aromatic rings. The fraction of sp³-hybridized carbons (Fsp3) is 0.938. The molecular formula is C16H31N3O4S. The molecule has 0 atom stereocenters. The largest absolute Gasteiger partial charge is 0.379 e. The van der Waals surface area contributed by atoms with Gasteiger partial charge in [0.15, 0.2) is 0 Å². The van der Waals surface area contributed by atoms with E-state index in [1.165, 1.54) is 0 Å². The molecule has 0 spiro atoms. The van der Waals surface area contributed by atoms with Crippen LogP contribution in [0.4, 0.5) is 0 Å². The minimum Gasteiger partial charge on any atom is -0.379 e. The Bertz CT molecular complexity index is 472. The van der Waals surface area contributed by atoms with Gasteiger partial charge in [-0.2, -0.15) is 0 Å². The molecule has 2 saturated heterocycles. The summed E-state index contributed by atoms with van der Waals surface area (Å²) < 4.78 is 31.3. The zero-order valence-electron chi connectivity index (χ0n) is 14.5. The molecule has 140 valence electrons. The van der Waals surface area contributed by atoms with E-state index in [1.807, 2.05) is 0 Å². The van der Waals surface area contributed by atoms with Gasteiger partial charge in [-0.15, -0.1) is 0 Å². The maximum atomic E-state index is 12.2. The Morgan fingerprint density at radius 1 is 1.00 bits per heavy atom. The number of nitrogens with zero attached hydrogens (tertiary/aromatic N) is 2. The molecule has 2 aliphatic rings. The molecule has 7 nitrogen and oxygen atoms in total. The fourth-order valence-corrected chi connectivity index (χ4v) is 4.75. The van der Waals surface area contributed by atoms with Crippen LogP contribution in [-0.4, -0.2) is 81.8 Å². The summed E-state index contributed by atoms with van der Waals surface area (Å²) in [5.74, 6) is 0.173. The highest BCUT2D eigenvalue weighted by molar-refractivity contribution is 7.89. The average molecular weight is 362 g/mol. The number of hydrogen-bond acceptors (Lipinski definition) is 5. The lowest BCUT2D eigenvalue weighted by atomic mass is 10.2.